The van der Waals surface area contributed by atoms with Gasteiger partial charge < -0.3 is 9.67 Å². The number of hydrogen-bond acceptors (Lipinski definition) is 2. The van der Waals surface area contributed by atoms with Crippen molar-refractivity contribution < 1.29 is 14.5 Å². The van der Waals surface area contributed by atoms with Gasteiger partial charge in [-0.15, -0.1) is 5.92 Å². The van der Waals surface area contributed by atoms with Crippen LogP contribution >= 0.6 is 7.14 Å². The lowest BCUT2D eigenvalue weighted by molar-refractivity contribution is -0.135. The standard InChI is InChI=1S/C19H19O3P/c1-4-5-18(19(20)21)23(22,16-10-6-14(2)7-11-16)17-12-8-15(3)9-13-17/h6-13,18H,1-3H3,(H,20,21). The van der Waals surface area contributed by atoms with Gasteiger partial charge in [0.05, 0.1) is 0 Å². The highest BCUT2D eigenvalue weighted by Gasteiger charge is 2.40. The molecule has 2 rings (SSSR count). The molecule has 0 aliphatic heterocycles. The molecule has 0 bridgehead atoms. The second-order valence-corrected chi connectivity index (χ2v) is 8.33. The third-order valence-electron chi connectivity index (χ3n) is 3.71. The van der Waals surface area contributed by atoms with Crippen molar-refractivity contribution in [3.63, 3.8) is 0 Å². The Labute approximate surface area is 136 Å². The molecule has 1 atom stereocenters. The van der Waals surface area contributed by atoms with Gasteiger partial charge in [-0.2, -0.15) is 0 Å². The quantitative estimate of drug-likeness (QED) is 0.694. The second-order valence-electron chi connectivity index (χ2n) is 5.46. The SMILES string of the molecule is CC#CC(C(=O)O)P(=O)(c1ccc(C)cc1)c1ccc(C)cc1. The van der Waals surface area contributed by atoms with Gasteiger partial charge in [0.1, 0.15) is 0 Å². The Kier molecular flexibility index (Phi) is 5.08. The number of hydrogen-bond donors (Lipinski definition) is 1. The maximum absolute atomic E-state index is 13.9. The van der Waals surface area contributed by atoms with Gasteiger partial charge in [0.15, 0.2) is 12.8 Å². The number of rotatable bonds is 4. The zero-order valence-corrected chi connectivity index (χ0v) is 14.3. The van der Waals surface area contributed by atoms with E-state index in [1.807, 2.05) is 38.1 Å². The summed E-state index contributed by atoms with van der Waals surface area (Å²) in [4.78, 5) is 11.7. The number of aryl methyl sites for hydroxylation is 2. The fourth-order valence-corrected chi connectivity index (χ4v) is 5.12. The van der Waals surface area contributed by atoms with Crippen molar-refractivity contribution in [2.45, 2.75) is 26.4 Å². The smallest absolute Gasteiger partial charge is 0.326 e. The van der Waals surface area contributed by atoms with Crippen LogP contribution in [-0.4, -0.2) is 16.7 Å². The maximum Gasteiger partial charge on any atom is 0.326 e. The summed E-state index contributed by atoms with van der Waals surface area (Å²) >= 11 is 0. The maximum atomic E-state index is 13.9. The van der Waals surface area contributed by atoms with Gasteiger partial charge in [0.2, 0.25) is 0 Å². The van der Waals surface area contributed by atoms with Crippen LogP contribution in [0.4, 0.5) is 0 Å². The summed E-state index contributed by atoms with van der Waals surface area (Å²) in [5.74, 6) is 4.09. The third-order valence-corrected chi connectivity index (χ3v) is 6.92. The van der Waals surface area contributed by atoms with Crippen LogP contribution in [0.5, 0.6) is 0 Å². The Morgan fingerprint density at radius 2 is 1.35 bits per heavy atom. The van der Waals surface area contributed by atoms with E-state index < -0.39 is 18.8 Å². The van der Waals surface area contributed by atoms with E-state index in [0.29, 0.717) is 10.6 Å². The fraction of sp³-hybridized carbons (Fsp3) is 0.211. The summed E-state index contributed by atoms with van der Waals surface area (Å²) < 4.78 is 13.9. The summed E-state index contributed by atoms with van der Waals surface area (Å²) in [5, 5.41) is 10.6. The van der Waals surface area contributed by atoms with Gasteiger partial charge in [-0.3, -0.25) is 4.79 Å². The summed E-state index contributed by atoms with van der Waals surface area (Å²) in [6.45, 7) is 5.42. The average molecular weight is 326 g/mol. The first kappa shape index (κ1) is 17.1. The lowest BCUT2D eigenvalue weighted by Gasteiger charge is -2.23. The van der Waals surface area contributed by atoms with Crippen molar-refractivity contribution in [3.8, 4) is 11.8 Å². The predicted octanol–water partition coefficient (Wildman–Crippen LogP) is 3.09. The molecule has 0 saturated heterocycles. The molecule has 23 heavy (non-hydrogen) atoms. The molecule has 2 aromatic rings. The fourth-order valence-electron chi connectivity index (χ4n) is 2.42. The summed E-state index contributed by atoms with van der Waals surface area (Å²) in [7, 11) is -3.42. The molecule has 1 N–H and O–H groups in total. The molecular formula is C19H19O3P. The van der Waals surface area contributed by atoms with Gasteiger partial charge in [-0.25, -0.2) is 0 Å². The minimum Gasteiger partial charge on any atom is -0.480 e. The van der Waals surface area contributed by atoms with E-state index in [9.17, 15) is 14.5 Å². The van der Waals surface area contributed by atoms with Crippen LogP contribution in [0.15, 0.2) is 48.5 Å². The van der Waals surface area contributed by atoms with Crippen LogP contribution in [0, 0.1) is 25.7 Å². The van der Waals surface area contributed by atoms with Gasteiger partial charge in [-0.05, 0) is 20.8 Å². The van der Waals surface area contributed by atoms with E-state index in [4.69, 9.17) is 0 Å². The Bertz CT molecular complexity index is 759. The third kappa shape index (κ3) is 3.38. The van der Waals surface area contributed by atoms with Crippen LogP contribution in [-0.2, 0) is 9.36 Å². The summed E-state index contributed by atoms with van der Waals surface area (Å²) in [6, 6.07) is 14.3. The molecule has 0 amide bonds. The Morgan fingerprint density at radius 1 is 0.957 bits per heavy atom. The zero-order chi connectivity index (χ0) is 17.0. The van der Waals surface area contributed by atoms with Gasteiger partial charge in [0, 0.05) is 10.6 Å². The van der Waals surface area contributed by atoms with Crippen LogP contribution in [0.3, 0.4) is 0 Å². The van der Waals surface area contributed by atoms with Crippen LogP contribution < -0.4 is 10.6 Å². The number of aliphatic carboxylic acids is 1. The molecule has 0 saturated carbocycles. The minimum absolute atomic E-state index is 0.516. The van der Waals surface area contributed by atoms with Crippen molar-refractivity contribution in [3.05, 3.63) is 59.7 Å². The Morgan fingerprint density at radius 3 is 1.65 bits per heavy atom. The van der Waals surface area contributed by atoms with Crippen LogP contribution in [0.25, 0.3) is 0 Å². The molecule has 1 unspecified atom stereocenters. The molecule has 118 valence electrons. The number of benzene rings is 2. The molecule has 0 aliphatic carbocycles. The van der Waals surface area contributed by atoms with Crippen molar-refractivity contribution in [1.82, 2.24) is 0 Å². The van der Waals surface area contributed by atoms with E-state index >= 15 is 0 Å². The van der Waals surface area contributed by atoms with Gasteiger partial charge in [-0.1, -0.05) is 65.6 Å². The summed E-state index contributed by atoms with van der Waals surface area (Å²) in [6.07, 6.45) is 0. The summed E-state index contributed by atoms with van der Waals surface area (Å²) in [5.41, 5.74) is 0.799. The number of carboxylic acid groups (broad SMARTS) is 1. The van der Waals surface area contributed by atoms with Crippen molar-refractivity contribution in [2.24, 2.45) is 0 Å². The highest BCUT2D eigenvalue weighted by atomic mass is 31.2. The average Bonchev–Trinajstić information content (AvgIpc) is 2.53. The van der Waals surface area contributed by atoms with E-state index in [2.05, 4.69) is 11.8 Å². The first-order chi connectivity index (χ1) is 10.9. The number of carboxylic acids is 1. The van der Waals surface area contributed by atoms with E-state index in [1.54, 1.807) is 31.2 Å². The van der Waals surface area contributed by atoms with E-state index in [1.165, 1.54) is 0 Å². The monoisotopic (exact) mass is 326 g/mol. The molecule has 4 heteroatoms. The topological polar surface area (TPSA) is 54.4 Å². The number of carbonyl (C=O) groups is 1. The molecule has 0 aliphatic rings. The molecule has 0 spiro atoms. The largest absolute Gasteiger partial charge is 0.480 e. The first-order valence-corrected chi connectivity index (χ1v) is 9.06. The Hall–Kier alpha value is -2.30. The molecule has 0 fully saturated rings. The minimum atomic E-state index is -3.42. The molecule has 0 heterocycles. The van der Waals surface area contributed by atoms with Gasteiger partial charge >= 0.3 is 5.97 Å². The van der Waals surface area contributed by atoms with Gasteiger partial charge in [0.25, 0.3) is 0 Å². The highest BCUT2D eigenvalue weighted by Crippen LogP contribution is 2.48. The molecular weight excluding hydrogens is 307 g/mol. The molecule has 0 aromatic heterocycles. The molecule has 0 radical (unpaired) electrons. The van der Waals surface area contributed by atoms with Crippen molar-refractivity contribution in [1.29, 1.82) is 0 Å². The van der Waals surface area contributed by atoms with E-state index in [-0.39, 0.29) is 0 Å². The van der Waals surface area contributed by atoms with E-state index in [0.717, 1.165) is 11.1 Å². The predicted molar refractivity (Wildman–Crippen MR) is 94.1 cm³/mol. The van der Waals surface area contributed by atoms with Crippen LogP contribution in [0.1, 0.15) is 18.1 Å². The van der Waals surface area contributed by atoms with Crippen molar-refractivity contribution >= 4 is 23.7 Å². The zero-order valence-electron chi connectivity index (χ0n) is 13.4. The van der Waals surface area contributed by atoms with Crippen molar-refractivity contribution in [2.75, 3.05) is 0 Å². The highest BCUT2D eigenvalue weighted by molar-refractivity contribution is 7.80. The van der Waals surface area contributed by atoms with Crippen LogP contribution in [0.2, 0.25) is 0 Å². The lowest BCUT2D eigenvalue weighted by atomic mass is 10.2. The lowest BCUT2D eigenvalue weighted by Crippen LogP contribution is -2.30. The Balaban J connectivity index is 2.74. The first-order valence-electron chi connectivity index (χ1n) is 7.29. The normalized spacial score (nSPS) is 12.1. The molecule has 2 aromatic carbocycles. The molecule has 3 nitrogen and oxygen atoms in total. The second kappa shape index (κ2) is 6.86.